The zero-order valence-corrected chi connectivity index (χ0v) is 19.0. The Morgan fingerprint density at radius 1 is 1.13 bits per heavy atom. The summed E-state index contributed by atoms with van der Waals surface area (Å²) < 4.78 is 38.6. The monoisotopic (exact) mass is 449 g/mol. The average Bonchev–Trinajstić information content (AvgIpc) is 2.78. The number of hydrogen-bond donors (Lipinski definition) is 2. The molecule has 0 amide bonds. The maximum atomic E-state index is 12.5. The van der Waals surface area contributed by atoms with E-state index < -0.39 is 10.0 Å². The van der Waals surface area contributed by atoms with Crippen LogP contribution in [0.1, 0.15) is 25.5 Å². The highest BCUT2D eigenvalue weighted by molar-refractivity contribution is 7.89. The zero-order chi connectivity index (χ0) is 22.1. The van der Waals surface area contributed by atoms with E-state index in [1.807, 2.05) is 13.0 Å². The number of unbranched alkanes of at least 4 members (excludes halogenated alkanes) is 1. The Kier molecular flexibility index (Phi) is 8.44. The van der Waals surface area contributed by atoms with Gasteiger partial charge in [0.05, 0.1) is 24.7 Å². The minimum Gasteiger partial charge on any atom is -0.494 e. The zero-order valence-electron chi connectivity index (χ0n) is 18.1. The third-order valence-corrected chi connectivity index (χ3v) is 6.25. The van der Waals surface area contributed by atoms with Crippen molar-refractivity contribution in [3.63, 3.8) is 0 Å². The van der Waals surface area contributed by atoms with Gasteiger partial charge in [-0.25, -0.2) is 18.1 Å². The summed E-state index contributed by atoms with van der Waals surface area (Å²) in [5, 5.41) is 3.10. The van der Waals surface area contributed by atoms with Crippen LogP contribution in [0.5, 0.6) is 5.75 Å². The number of benzene rings is 1. The van der Waals surface area contributed by atoms with E-state index in [1.165, 1.54) is 0 Å². The molecule has 1 fully saturated rings. The van der Waals surface area contributed by atoms with E-state index in [4.69, 9.17) is 9.47 Å². The third kappa shape index (κ3) is 7.05. The van der Waals surface area contributed by atoms with Crippen molar-refractivity contribution >= 4 is 21.8 Å². The van der Waals surface area contributed by atoms with E-state index >= 15 is 0 Å². The van der Waals surface area contributed by atoms with Gasteiger partial charge in [0.1, 0.15) is 11.6 Å². The Labute approximate surface area is 184 Å². The molecule has 0 spiro atoms. The quantitative estimate of drug-likeness (QED) is 0.503. The van der Waals surface area contributed by atoms with E-state index in [9.17, 15) is 8.42 Å². The molecule has 0 atom stereocenters. The summed E-state index contributed by atoms with van der Waals surface area (Å²) in [4.78, 5) is 11.3. The van der Waals surface area contributed by atoms with Crippen LogP contribution in [-0.4, -0.2) is 64.4 Å². The standard InChI is InChI=1S/C21H31N5O4S/c1-3-4-13-30-18-5-7-19(8-6-18)31(27,28)23-10-9-22-21-24-17(2)16-20(25-21)26-11-14-29-15-12-26/h5-8,16,23H,3-4,9-15H2,1-2H3,(H,22,24,25). The summed E-state index contributed by atoms with van der Waals surface area (Å²) in [5.74, 6) is 2.00. The fraction of sp³-hybridized carbons (Fsp3) is 0.524. The maximum absolute atomic E-state index is 12.5. The van der Waals surface area contributed by atoms with Crippen molar-refractivity contribution in [2.75, 3.05) is 56.2 Å². The van der Waals surface area contributed by atoms with Crippen LogP contribution < -0.4 is 19.7 Å². The molecular formula is C21H31N5O4S. The Morgan fingerprint density at radius 3 is 2.58 bits per heavy atom. The van der Waals surface area contributed by atoms with Crippen LogP contribution in [0.3, 0.4) is 0 Å². The Morgan fingerprint density at radius 2 is 1.87 bits per heavy atom. The van der Waals surface area contributed by atoms with Gasteiger partial charge in [-0.15, -0.1) is 0 Å². The van der Waals surface area contributed by atoms with E-state index in [1.54, 1.807) is 24.3 Å². The summed E-state index contributed by atoms with van der Waals surface area (Å²) in [6, 6.07) is 8.39. The minimum atomic E-state index is -3.60. The van der Waals surface area contributed by atoms with Gasteiger partial charge in [0.15, 0.2) is 0 Å². The van der Waals surface area contributed by atoms with Crippen LogP contribution in [0.15, 0.2) is 35.2 Å². The number of anilines is 2. The summed E-state index contributed by atoms with van der Waals surface area (Å²) >= 11 is 0. The van der Waals surface area contributed by atoms with Crippen molar-refractivity contribution in [2.24, 2.45) is 0 Å². The maximum Gasteiger partial charge on any atom is 0.240 e. The topological polar surface area (TPSA) is 106 Å². The van der Waals surface area contributed by atoms with Crippen LogP contribution in [0, 0.1) is 6.92 Å². The molecule has 1 aromatic heterocycles. The minimum absolute atomic E-state index is 0.205. The lowest BCUT2D eigenvalue weighted by molar-refractivity contribution is 0.122. The molecule has 0 saturated carbocycles. The van der Waals surface area contributed by atoms with Gasteiger partial charge in [-0.3, -0.25) is 0 Å². The Bertz CT molecular complexity index is 931. The SMILES string of the molecule is CCCCOc1ccc(S(=O)(=O)NCCNc2nc(C)cc(N3CCOCC3)n2)cc1. The molecule has 170 valence electrons. The number of aromatic nitrogens is 2. The smallest absolute Gasteiger partial charge is 0.240 e. The number of aryl methyl sites for hydroxylation is 1. The number of ether oxygens (including phenoxy) is 2. The number of rotatable bonds is 11. The van der Waals surface area contributed by atoms with Crippen LogP contribution in [0.4, 0.5) is 11.8 Å². The molecule has 3 rings (SSSR count). The first-order valence-corrected chi connectivity index (χ1v) is 12.1. The number of morpholine rings is 1. The first kappa shape index (κ1) is 23.2. The molecule has 1 aliphatic rings. The van der Waals surface area contributed by atoms with Crippen molar-refractivity contribution in [2.45, 2.75) is 31.6 Å². The first-order valence-electron chi connectivity index (χ1n) is 10.6. The Balaban J connectivity index is 1.50. The number of hydrogen-bond acceptors (Lipinski definition) is 8. The van der Waals surface area contributed by atoms with Crippen LogP contribution in [0.2, 0.25) is 0 Å². The second-order valence-corrected chi connectivity index (χ2v) is 9.06. The summed E-state index contributed by atoms with van der Waals surface area (Å²) in [6.45, 7) is 8.14. The van der Waals surface area contributed by atoms with E-state index in [0.717, 1.165) is 37.4 Å². The molecule has 1 aliphatic heterocycles. The molecule has 0 radical (unpaired) electrons. The second-order valence-electron chi connectivity index (χ2n) is 7.29. The van der Waals surface area contributed by atoms with Crippen molar-refractivity contribution in [3.05, 3.63) is 36.0 Å². The van der Waals surface area contributed by atoms with Gasteiger partial charge in [-0.1, -0.05) is 13.3 Å². The van der Waals surface area contributed by atoms with Gasteiger partial charge in [-0.05, 0) is 37.6 Å². The Hall–Kier alpha value is -2.43. The average molecular weight is 450 g/mol. The van der Waals surface area contributed by atoms with E-state index in [-0.39, 0.29) is 11.4 Å². The lowest BCUT2D eigenvalue weighted by Gasteiger charge is -2.28. The second kappa shape index (κ2) is 11.3. The molecule has 2 heterocycles. The molecule has 2 N–H and O–H groups in total. The van der Waals surface area contributed by atoms with Crippen molar-refractivity contribution in [3.8, 4) is 5.75 Å². The molecular weight excluding hydrogens is 418 g/mol. The van der Waals surface area contributed by atoms with Crippen LogP contribution in [0.25, 0.3) is 0 Å². The number of sulfonamides is 1. The summed E-state index contributed by atoms with van der Waals surface area (Å²) in [5.41, 5.74) is 0.848. The molecule has 1 aromatic carbocycles. The van der Waals surface area contributed by atoms with E-state index in [2.05, 4.69) is 31.8 Å². The van der Waals surface area contributed by atoms with Crippen molar-refractivity contribution < 1.29 is 17.9 Å². The number of nitrogens with one attached hydrogen (secondary N) is 2. The first-order chi connectivity index (χ1) is 15.0. The number of nitrogens with zero attached hydrogens (tertiary/aromatic N) is 3. The van der Waals surface area contributed by atoms with Gasteiger partial charge in [0, 0.05) is 37.9 Å². The molecule has 0 unspecified atom stereocenters. The molecule has 31 heavy (non-hydrogen) atoms. The van der Waals surface area contributed by atoms with Crippen molar-refractivity contribution in [1.29, 1.82) is 0 Å². The van der Waals surface area contributed by atoms with E-state index in [0.29, 0.717) is 38.1 Å². The molecule has 1 saturated heterocycles. The van der Waals surface area contributed by atoms with Gasteiger partial charge < -0.3 is 19.7 Å². The highest BCUT2D eigenvalue weighted by Gasteiger charge is 2.15. The highest BCUT2D eigenvalue weighted by atomic mass is 32.2. The lowest BCUT2D eigenvalue weighted by atomic mass is 10.3. The molecule has 10 heteroatoms. The van der Waals surface area contributed by atoms with Gasteiger partial charge in [0.2, 0.25) is 16.0 Å². The van der Waals surface area contributed by atoms with Gasteiger partial charge in [0.25, 0.3) is 0 Å². The fourth-order valence-corrected chi connectivity index (χ4v) is 4.11. The molecule has 2 aromatic rings. The molecule has 0 aliphatic carbocycles. The van der Waals surface area contributed by atoms with Crippen molar-refractivity contribution in [1.82, 2.24) is 14.7 Å². The predicted molar refractivity (Wildman–Crippen MR) is 120 cm³/mol. The summed E-state index contributed by atoms with van der Waals surface area (Å²) in [6.07, 6.45) is 2.01. The normalized spacial score (nSPS) is 14.5. The van der Waals surface area contributed by atoms with Gasteiger partial charge >= 0.3 is 0 Å². The summed E-state index contributed by atoms with van der Waals surface area (Å²) in [7, 11) is -3.60. The molecule has 0 bridgehead atoms. The largest absolute Gasteiger partial charge is 0.494 e. The predicted octanol–water partition coefficient (Wildman–Crippen LogP) is 2.19. The molecule has 9 nitrogen and oxygen atoms in total. The lowest BCUT2D eigenvalue weighted by Crippen LogP contribution is -2.37. The fourth-order valence-electron chi connectivity index (χ4n) is 3.08. The van der Waals surface area contributed by atoms with Gasteiger partial charge in [-0.2, -0.15) is 4.98 Å². The van der Waals surface area contributed by atoms with Crippen LogP contribution >= 0.6 is 0 Å². The van der Waals surface area contributed by atoms with Crippen LogP contribution in [-0.2, 0) is 14.8 Å². The third-order valence-electron chi connectivity index (χ3n) is 4.78. The highest BCUT2D eigenvalue weighted by Crippen LogP contribution is 2.17.